The molecule has 0 atom stereocenters. The Balaban J connectivity index is 1.93. The van der Waals surface area contributed by atoms with Crippen LogP contribution in [0.4, 0.5) is 10.5 Å². The molecule has 1 aromatic carbocycles. The van der Waals surface area contributed by atoms with Crippen LogP contribution in [0.3, 0.4) is 0 Å². The van der Waals surface area contributed by atoms with Crippen molar-refractivity contribution >= 4 is 40.2 Å². The van der Waals surface area contributed by atoms with E-state index < -0.39 is 11.7 Å². The Kier molecular flexibility index (Phi) is 5.38. The molecular formula is C20H21ClN4O3. The van der Waals surface area contributed by atoms with E-state index in [0.29, 0.717) is 21.9 Å². The minimum atomic E-state index is -0.570. The summed E-state index contributed by atoms with van der Waals surface area (Å²) in [6.07, 6.45) is 2.69. The Bertz CT molecular complexity index is 1040. The third kappa shape index (κ3) is 4.48. The summed E-state index contributed by atoms with van der Waals surface area (Å²) in [6, 6.07) is 7.24. The van der Waals surface area contributed by atoms with Crippen molar-refractivity contribution < 1.29 is 14.3 Å². The quantitative estimate of drug-likeness (QED) is 0.642. The van der Waals surface area contributed by atoms with E-state index in [2.05, 4.69) is 15.3 Å². The van der Waals surface area contributed by atoms with Crippen molar-refractivity contribution in [2.45, 2.75) is 39.8 Å². The molecule has 3 aromatic rings. The molecule has 146 valence electrons. The van der Waals surface area contributed by atoms with Crippen LogP contribution >= 0.6 is 11.6 Å². The summed E-state index contributed by atoms with van der Waals surface area (Å²) in [5, 5.41) is 3.69. The van der Waals surface area contributed by atoms with Crippen molar-refractivity contribution in [3.8, 4) is 11.1 Å². The molecule has 0 bridgehead atoms. The molecular weight excluding hydrogens is 380 g/mol. The molecule has 7 nitrogen and oxygen atoms in total. The molecule has 8 heteroatoms. The number of halogens is 1. The maximum atomic E-state index is 11.9. The highest BCUT2D eigenvalue weighted by Crippen LogP contribution is 2.34. The Morgan fingerprint density at radius 3 is 2.46 bits per heavy atom. The van der Waals surface area contributed by atoms with E-state index in [-0.39, 0.29) is 12.3 Å². The zero-order valence-corrected chi connectivity index (χ0v) is 16.9. The number of nitrogens with one attached hydrogen (secondary N) is 1. The summed E-state index contributed by atoms with van der Waals surface area (Å²) in [5.74, 6) is 0.00935. The number of amides is 1. The van der Waals surface area contributed by atoms with Crippen molar-refractivity contribution in [3.63, 3.8) is 0 Å². The molecule has 0 fully saturated rings. The largest absolute Gasteiger partial charge is 0.444 e. The lowest BCUT2D eigenvalue weighted by atomic mass is 10.1. The molecule has 0 unspecified atom stereocenters. The Morgan fingerprint density at radius 2 is 1.86 bits per heavy atom. The third-order valence-corrected chi connectivity index (χ3v) is 4.13. The first kappa shape index (κ1) is 19.8. The van der Waals surface area contributed by atoms with Crippen molar-refractivity contribution in [2.24, 2.45) is 0 Å². The summed E-state index contributed by atoms with van der Waals surface area (Å²) in [5.41, 5.74) is 2.30. The van der Waals surface area contributed by atoms with Gasteiger partial charge in [-0.15, -0.1) is 0 Å². The van der Waals surface area contributed by atoms with Crippen LogP contribution in [0, 0.1) is 0 Å². The van der Waals surface area contributed by atoms with Gasteiger partial charge in [-0.3, -0.25) is 10.1 Å². The SMILES string of the molecule is CC(=O)Cn1cc(-c2ccc(NC(=O)OC(C)(C)C)cc2)c2c(Cl)ncnc21. The van der Waals surface area contributed by atoms with Crippen LogP contribution in [0.2, 0.25) is 5.15 Å². The van der Waals surface area contributed by atoms with Crippen LogP contribution in [0.25, 0.3) is 22.2 Å². The molecule has 0 aliphatic heterocycles. The summed E-state index contributed by atoms with van der Waals surface area (Å²) < 4.78 is 7.01. The van der Waals surface area contributed by atoms with Crippen molar-refractivity contribution in [1.29, 1.82) is 0 Å². The molecule has 1 amide bonds. The zero-order valence-electron chi connectivity index (χ0n) is 16.1. The number of benzene rings is 1. The van der Waals surface area contributed by atoms with Crippen LogP contribution in [-0.2, 0) is 16.1 Å². The topological polar surface area (TPSA) is 86.1 Å². The molecule has 0 aliphatic rings. The predicted molar refractivity (Wildman–Crippen MR) is 109 cm³/mol. The molecule has 2 heterocycles. The number of rotatable bonds is 4. The summed E-state index contributed by atoms with van der Waals surface area (Å²) in [7, 11) is 0. The van der Waals surface area contributed by atoms with Crippen LogP contribution in [-0.4, -0.2) is 32.0 Å². The number of ether oxygens (including phenoxy) is 1. The molecule has 0 radical (unpaired) electrons. The fourth-order valence-electron chi connectivity index (χ4n) is 2.82. The second-order valence-electron chi connectivity index (χ2n) is 7.44. The average molecular weight is 401 g/mol. The van der Waals surface area contributed by atoms with E-state index in [9.17, 15) is 9.59 Å². The van der Waals surface area contributed by atoms with Crippen LogP contribution in [0.5, 0.6) is 0 Å². The smallest absolute Gasteiger partial charge is 0.412 e. The van der Waals surface area contributed by atoms with E-state index >= 15 is 0 Å². The van der Waals surface area contributed by atoms with E-state index in [1.54, 1.807) is 37.5 Å². The Hall–Kier alpha value is -2.93. The second kappa shape index (κ2) is 7.59. The molecule has 0 spiro atoms. The molecule has 28 heavy (non-hydrogen) atoms. The van der Waals surface area contributed by atoms with Gasteiger partial charge in [0.15, 0.2) is 0 Å². The number of carbonyl (C=O) groups is 2. The highest BCUT2D eigenvalue weighted by Gasteiger charge is 2.18. The van der Waals surface area contributed by atoms with Gasteiger partial charge in [0.25, 0.3) is 0 Å². The fourth-order valence-corrected chi connectivity index (χ4v) is 3.05. The van der Waals surface area contributed by atoms with E-state index in [0.717, 1.165) is 11.1 Å². The van der Waals surface area contributed by atoms with Gasteiger partial charge in [-0.2, -0.15) is 0 Å². The summed E-state index contributed by atoms with van der Waals surface area (Å²) in [6.45, 7) is 7.13. The number of carbonyl (C=O) groups excluding carboxylic acids is 2. The van der Waals surface area contributed by atoms with Gasteiger partial charge in [-0.25, -0.2) is 14.8 Å². The lowest BCUT2D eigenvalue weighted by molar-refractivity contribution is -0.117. The first-order valence-corrected chi connectivity index (χ1v) is 9.11. The van der Waals surface area contributed by atoms with Gasteiger partial charge in [0.2, 0.25) is 0 Å². The van der Waals surface area contributed by atoms with Gasteiger partial charge in [-0.1, -0.05) is 23.7 Å². The van der Waals surface area contributed by atoms with Gasteiger partial charge in [0, 0.05) is 17.4 Å². The van der Waals surface area contributed by atoms with Gasteiger partial charge in [0.1, 0.15) is 28.5 Å². The lowest BCUT2D eigenvalue weighted by Gasteiger charge is -2.19. The lowest BCUT2D eigenvalue weighted by Crippen LogP contribution is -2.27. The number of hydrogen-bond acceptors (Lipinski definition) is 5. The van der Waals surface area contributed by atoms with Crippen molar-refractivity contribution in [1.82, 2.24) is 14.5 Å². The number of ketones is 1. The fraction of sp³-hybridized carbons (Fsp3) is 0.300. The molecule has 0 saturated carbocycles. The molecule has 1 N–H and O–H groups in total. The van der Waals surface area contributed by atoms with Crippen LogP contribution < -0.4 is 5.32 Å². The van der Waals surface area contributed by atoms with E-state index in [4.69, 9.17) is 16.3 Å². The zero-order chi connectivity index (χ0) is 20.5. The number of aromatic nitrogens is 3. The first-order chi connectivity index (χ1) is 13.1. The monoisotopic (exact) mass is 400 g/mol. The number of fused-ring (bicyclic) bond motifs is 1. The Morgan fingerprint density at radius 1 is 1.18 bits per heavy atom. The summed E-state index contributed by atoms with van der Waals surface area (Å²) >= 11 is 6.30. The average Bonchev–Trinajstić information content (AvgIpc) is 2.93. The molecule has 0 aliphatic carbocycles. The van der Waals surface area contributed by atoms with Gasteiger partial charge in [-0.05, 0) is 45.4 Å². The first-order valence-electron chi connectivity index (χ1n) is 8.73. The predicted octanol–water partition coefficient (Wildman–Crippen LogP) is 4.69. The second-order valence-corrected chi connectivity index (χ2v) is 7.80. The van der Waals surface area contributed by atoms with Gasteiger partial charge < -0.3 is 9.30 Å². The molecule has 3 rings (SSSR count). The van der Waals surface area contributed by atoms with Crippen molar-refractivity contribution in [3.05, 3.63) is 41.9 Å². The number of hydrogen-bond donors (Lipinski definition) is 1. The van der Waals surface area contributed by atoms with E-state index in [1.165, 1.54) is 13.3 Å². The maximum absolute atomic E-state index is 11.9. The van der Waals surface area contributed by atoms with Gasteiger partial charge in [0.05, 0.1) is 11.9 Å². The van der Waals surface area contributed by atoms with E-state index in [1.807, 2.05) is 18.3 Å². The number of anilines is 1. The maximum Gasteiger partial charge on any atom is 0.412 e. The number of nitrogens with zero attached hydrogens (tertiary/aromatic N) is 3. The highest BCUT2D eigenvalue weighted by atomic mass is 35.5. The van der Waals surface area contributed by atoms with Gasteiger partial charge >= 0.3 is 6.09 Å². The standard InChI is InChI=1S/C20H21ClN4O3/c1-12(26)9-25-10-15(16-17(21)22-11-23-18(16)25)13-5-7-14(8-6-13)24-19(27)28-20(2,3)4/h5-8,10-11H,9H2,1-4H3,(H,24,27). The third-order valence-electron chi connectivity index (χ3n) is 3.84. The number of Topliss-reactive ketones (excluding diaryl/α,β-unsaturated/α-hetero) is 1. The Labute approximate surface area is 167 Å². The van der Waals surface area contributed by atoms with Crippen molar-refractivity contribution in [2.75, 3.05) is 5.32 Å². The minimum absolute atomic E-state index is 0.00935. The van der Waals surface area contributed by atoms with Crippen LogP contribution in [0.1, 0.15) is 27.7 Å². The molecule has 0 saturated heterocycles. The summed E-state index contributed by atoms with van der Waals surface area (Å²) in [4.78, 5) is 31.8. The molecule has 2 aromatic heterocycles. The van der Waals surface area contributed by atoms with Crippen LogP contribution in [0.15, 0.2) is 36.8 Å². The minimum Gasteiger partial charge on any atom is -0.444 e. The highest BCUT2D eigenvalue weighted by molar-refractivity contribution is 6.35. The normalized spacial score (nSPS) is 11.5.